The van der Waals surface area contributed by atoms with Crippen LogP contribution in [-0.4, -0.2) is 17.1 Å². The number of rotatable bonds is 4. The fraction of sp³-hybridized carbons (Fsp3) is 0.333. The van der Waals surface area contributed by atoms with Crippen molar-refractivity contribution >= 4 is 23.2 Å². The maximum atomic E-state index is 6.20. The zero-order valence-electron chi connectivity index (χ0n) is 11.7. The van der Waals surface area contributed by atoms with Gasteiger partial charge in [0.2, 0.25) is 0 Å². The van der Waals surface area contributed by atoms with Gasteiger partial charge >= 0.3 is 0 Å². The lowest BCUT2D eigenvalue weighted by Crippen LogP contribution is -1.98. The third kappa shape index (κ3) is 3.05. The molecular formula is C15H16Cl2N2O. The lowest BCUT2D eigenvalue weighted by molar-refractivity contribution is 0.412. The highest BCUT2D eigenvalue weighted by atomic mass is 35.5. The van der Waals surface area contributed by atoms with Crippen molar-refractivity contribution < 1.29 is 4.74 Å². The van der Waals surface area contributed by atoms with Gasteiger partial charge in [-0.15, -0.1) is 0 Å². The van der Waals surface area contributed by atoms with Crippen molar-refractivity contribution in [1.29, 1.82) is 0 Å². The van der Waals surface area contributed by atoms with E-state index in [0.717, 1.165) is 35.3 Å². The molecule has 2 rings (SSSR count). The van der Waals surface area contributed by atoms with E-state index in [1.165, 1.54) is 0 Å². The van der Waals surface area contributed by atoms with Gasteiger partial charge in [0.05, 0.1) is 7.11 Å². The molecule has 1 heterocycles. The smallest absolute Gasteiger partial charge is 0.162 e. The van der Waals surface area contributed by atoms with E-state index in [2.05, 4.69) is 16.9 Å². The molecule has 0 aliphatic rings. The van der Waals surface area contributed by atoms with Crippen LogP contribution in [0.2, 0.25) is 10.3 Å². The highest BCUT2D eigenvalue weighted by molar-refractivity contribution is 6.34. The standard InChI is InChI=1S/C15H16Cl2N2O/c1-4-5-11-13(16)18-15(19-14(11)17)10-6-7-12(20-3)9(2)8-10/h6-8H,4-5H2,1-3H3. The second kappa shape index (κ2) is 6.42. The summed E-state index contributed by atoms with van der Waals surface area (Å²) in [5.41, 5.74) is 2.69. The summed E-state index contributed by atoms with van der Waals surface area (Å²) in [5.74, 6) is 1.36. The van der Waals surface area contributed by atoms with E-state index in [1.807, 2.05) is 25.1 Å². The molecule has 106 valence electrons. The Kier molecular flexibility index (Phi) is 4.84. The van der Waals surface area contributed by atoms with Crippen molar-refractivity contribution in [2.75, 3.05) is 7.11 Å². The number of halogens is 2. The Labute approximate surface area is 128 Å². The molecule has 20 heavy (non-hydrogen) atoms. The minimum atomic E-state index is 0.426. The molecule has 0 bridgehead atoms. The van der Waals surface area contributed by atoms with Gasteiger partial charge in [0.1, 0.15) is 16.1 Å². The Morgan fingerprint density at radius 1 is 1.15 bits per heavy atom. The Bertz CT molecular complexity index is 606. The second-order valence-corrected chi connectivity index (χ2v) is 5.26. The lowest BCUT2D eigenvalue weighted by Gasteiger charge is -2.09. The predicted octanol–water partition coefficient (Wildman–Crippen LogP) is 4.72. The topological polar surface area (TPSA) is 35.0 Å². The van der Waals surface area contributed by atoms with Crippen LogP contribution in [0.5, 0.6) is 5.75 Å². The van der Waals surface area contributed by atoms with Crippen LogP contribution in [0.3, 0.4) is 0 Å². The fourth-order valence-electron chi connectivity index (χ4n) is 2.03. The summed E-state index contributed by atoms with van der Waals surface area (Å²) in [5, 5.41) is 0.852. The highest BCUT2D eigenvalue weighted by Crippen LogP contribution is 2.29. The maximum Gasteiger partial charge on any atom is 0.162 e. The van der Waals surface area contributed by atoms with Gasteiger partial charge in [-0.25, -0.2) is 9.97 Å². The van der Waals surface area contributed by atoms with Gasteiger partial charge in [-0.3, -0.25) is 0 Å². The summed E-state index contributed by atoms with van der Waals surface area (Å²) < 4.78 is 5.24. The van der Waals surface area contributed by atoms with Crippen molar-refractivity contribution in [1.82, 2.24) is 9.97 Å². The zero-order chi connectivity index (χ0) is 14.7. The first kappa shape index (κ1) is 15.1. The lowest BCUT2D eigenvalue weighted by atomic mass is 10.1. The number of hydrogen-bond acceptors (Lipinski definition) is 3. The van der Waals surface area contributed by atoms with E-state index in [-0.39, 0.29) is 0 Å². The summed E-state index contributed by atoms with van der Waals surface area (Å²) in [6.07, 6.45) is 1.73. The van der Waals surface area contributed by atoms with Crippen molar-refractivity contribution in [3.05, 3.63) is 39.6 Å². The van der Waals surface area contributed by atoms with Gasteiger partial charge in [0, 0.05) is 11.1 Å². The van der Waals surface area contributed by atoms with Crippen LogP contribution in [0.1, 0.15) is 24.5 Å². The molecule has 0 saturated carbocycles. The normalized spacial score (nSPS) is 10.7. The summed E-state index contributed by atoms with van der Waals surface area (Å²) in [6.45, 7) is 4.03. The average Bonchev–Trinajstić information content (AvgIpc) is 2.42. The minimum absolute atomic E-state index is 0.426. The monoisotopic (exact) mass is 310 g/mol. The van der Waals surface area contributed by atoms with E-state index in [9.17, 15) is 0 Å². The summed E-state index contributed by atoms with van der Waals surface area (Å²) in [7, 11) is 1.64. The average molecular weight is 311 g/mol. The summed E-state index contributed by atoms with van der Waals surface area (Å²) in [6, 6.07) is 5.74. The van der Waals surface area contributed by atoms with Crippen molar-refractivity contribution in [2.24, 2.45) is 0 Å². The first-order valence-electron chi connectivity index (χ1n) is 6.43. The molecule has 2 aromatic rings. The Balaban J connectivity index is 2.46. The van der Waals surface area contributed by atoms with E-state index in [4.69, 9.17) is 27.9 Å². The number of methoxy groups -OCH3 is 1. The third-order valence-corrected chi connectivity index (χ3v) is 3.68. The van der Waals surface area contributed by atoms with Crippen LogP contribution >= 0.6 is 23.2 Å². The molecule has 0 spiro atoms. The van der Waals surface area contributed by atoms with Crippen LogP contribution in [0.25, 0.3) is 11.4 Å². The Hall–Kier alpha value is -1.32. The van der Waals surface area contributed by atoms with Crippen LogP contribution in [0, 0.1) is 6.92 Å². The molecule has 0 unspecified atom stereocenters. The number of hydrogen-bond donors (Lipinski definition) is 0. The predicted molar refractivity (Wildman–Crippen MR) is 82.8 cm³/mol. The molecule has 0 radical (unpaired) electrons. The number of ether oxygens (including phenoxy) is 1. The van der Waals surface area contributed by atoms with E-state index >= 15 is 0 Å². The Morgan fingerprint density at radius 2 is 1.80 bits per heavy atom. The highest BCUT2D eigenvalue weighted by Gasteiger charge is 2.13. The maximum absolute atomic E-state index is 6.20. The third-order valence-electron chi connectivity index (χ3n) is 3.06. The zero-order valence-corrected chi connectivity index (χ0v) is 13.2. The van der Waals surface area contributed by atoms with Crippen LogP contribution < -0.4 is 4.74 Å². The molecule has 5 heteroatoms. The fourth-order valence-corrected chi connectivity index (χ4v) is 2.61. The first-order valence-corrected chi connectivity index (χ1v) is 7.19. The molecule has 1 aromatic heterocycles. The number of benzene rings is 1. The van der Waals surface area contributed by atoms with Crippen LogP contribution in [-0.2, 0) is 6.42 Å². The van der Waals surface area contributed by atoms with Crippen LogP contribution in [0.4, 0.5) is 0 Å². The molecular weight excluding hydrogens is 295 g/mol. The van der Waals surface area contributed by atoms with E-state index < -0.39 is 0 Å². The number of nitrogens with zero attached hydrogens (tertiary/aromatic N) is 2. The molecule has 0 fully saturated rings. The number of aromatic nitrogens is 2. The van der Waals surface area contributed by atoms with E-state index in [1.54, 1.807) is 7.11 Å². The molecule has 0 N–H and O–H groups in total. The molecule has 0 amide bonds. The van der Waals surface area contributed by atoms with Crippen LogP contribution in [0.15, 0.2) is 18.2 Å². The van der Waals surface area contributed by atoms with Gasteiger partial charge in [-0.2, -0.15) is 0 Å². The molecule has 0 atom stereocenters. The van der Waals surface area contributed by atoms with Gasteiger partial charge in [0.15, 0.2) is 5.82 Å². The second-order valence-electron chi connectivity index (χ2n) is 4.54. The van der Waals surface area contributed by atoms with Crippen molar-refractivity contribution in [3.8, 4) is 17.1 Å². The first-order chi connectivity index (χ1) is 9.56. The van der Waals surface area contributed by atoms with Gasteiger partial charge < -0.3 is 4.74 Å². The largest absolute Gasteiger partial charge is 0.496 e. The summed E-state index contributed by atoms with van der Waals surface area (Å²) in [4.78, 5) is 8.70. The van der Waals surface area contributed by atoms with Gasteiger partial charge in [0.25, 0.3) is 0 Å². The minimum Gasteiger partial charge on any atom is -0.496 e. The quantitative estimate of drug-likeness (QED) is 0.766. The molecule has 1 aromatic carbocycles. The molecule has 0 saturated heterocycles. The van der Waals surface area contributed by atoms with Crippen molar-refractivity contribution in [2.45, 2.75) is 26.7 Å². The van der Waals surface area contributed by atoms with Gasteiger partial charge in [-0.05, 0) is 37.1 Å². The molecule has 3 nitrogen and oxygen atoms in total. The van der Waals surface area contributed by atoms with Crippen molar-refractivity contribution in [3.63, 3.8) is 0 Å². The Morgan fingerprint density at radius 3 is 2.30 bits per heavy atom. The number of aryl methyl sites for hydroxylation is 1. The van der Waals surface area contributed by atoms with E-state index in [0.29, 0.717) is 16.1 Å². The molecule has 0 aliphatic heterocycles. The van der Waals surface area contributed by atoms with Gasteiger partial charge in [-0.1, -0.05) is 36.5 Å². The molecule has 0 aliphatic carbocycles. The SMILES string of the molecule is CCCc1c(Cl)nc(-c2ccc(OC)c(C)c2)nc1Cl. The summed E-state index contributed by atoms with van der Waals surface area (Å²) >= 11 is 12.4.